The lowest BCUT2D eigenvalue weighted by atomic mass is 10.0. The molecule has 54 heavy (non-hydrogen) atoms. The SMILES string of the molecule is N#Cc1cc(-n2c3ccccc3c3ccc(-c4ccc5c(c4)c4ccccc4n5-c4ccc(-c5ccc6ccccc6c5)cc4)cc32)nc2ccccc12. The average Bonchev–Trinajstić information content (AvgIpc) is 3.75. The number of benzene rings is 8. The number of pyridine rings is 1. The van der Waals surface area contributed by atoms with Crippen LogP contribution in [0, 0.1) is 11.3 Å². The molecule has 250 valence electrons. The smallest absolute Gasteiger partial charge is 0.139 e. The second kappa shape index (κ2) is 11.8. The molecular formula is C50H30N4. The van der Waals surface area contributed by atoms with Gasteiger partial charge in [0.1, 0.15) is 5.82 Å². The highest BCUT2D eigenvalue weighted by molar-refractivity contribution is 6.12. The molecule has 11 aromatic rings. The van der Waals surface area contributed by atoms with E-state index >= 15 is 0 Å². The lowest BCUT2D eigenvalue weighted by Crippen LogP contribution is -1.99. The van der Waals surface area contributed by atoms with Crippen LogP contribution in [-0.2, 0) is 0 Å². The number of hydrogen-bond donors (Lipinski definition) is 0. The predicted octanol–water partition coefficient (Wildman–Crippen LogP) is 12.8. The Morgan fingerprint density at radius 1 is 0.389 bits per heavy atom. The van der Waals surface area contributed by atoms with E-state index in [1.54, 1.807) is 0 Å². The van der Waals surface area contributed by atoms with Gasteiger partial charge in [0.05, 0.1) is 39.2 Å². The van der Waals surface area contributed by atoms with E-state index < -0.39 is 0 Å². The van der Waals surface area contributed by atoms with E-state index in [-0.39, 0.29) is 0 Å². The highest BCUT2D eigenvalue weighted by atomic mass is 15.1. The Balaban J connectivity index is 1.05. The van der Waals surface area contributed by atoms with Gasteiger partial charge >= 0.3 is 0 Å². The van der Waals surface area contributed by atoms with Gasteiger partial charge in [-0.15, -0.1) is 0 Å². The number of hydrogen-bond acceptors (Lipinski definition) is 2. The summed E-state index contributed by atoms with van der Waals surface area (Å²) in [5.74, 6) is 0.735. The van der Waals surface area contributed by atoms with Crippen LogP contribution in [-0.4, -0.2) is 14.1 Å². The molecule has 0 unspecified atom stereocenters. The van der Waals surface area contributed by atoms with Crippen molar-refractivity contribution < 1.29 is 0 Å². The van der Waals surface area contributed by atoms with Crippen LogP contribution < -0.4 is 0 Å². The minimum atomic E-state index is 0.614. The number of fused-ring (bicyclic) bond motifs is 8. The Hall–Kier alpha value is -7.48. The third-order valence-electron chi connectivity index (χ3n) is 10.9. The van der Waals surface area contributed by atoms with Crippen molar-refractivity contribution in [1.29, 1.82) is 5.26 Å². The van der Waals surface area contributed by atoms with Crippen molar-refractivity contribution in [1.82, 2.24) is 14.1 Å². The van der Waals surface area contributed by atoms with Gasteiger partial charge in [-0.2, -0.15) is 5.26 Å². The maximum Gasteiger partial charge on any atom is 0.139 e. The fourth-order valence-electron chi connectivity index (χ4n) is 8.37. The van der Waals surface area contributed by atoms with Gasteiger partial charge in [-0.25, -0.2) is 4.98 Å². The Morgan fingerprint density at radius 3 is 1.78 bits per heavy atom. The van der Waals surface area contributed by atoms with E-state index in [0.29, 0.717) is 5.56 Å². The van der Waals surface area contributed by atoms with Crippen LogP contribution in [0.4, 0.5) is 0 Å². The molecule has 0 bridgehead atoms. The Kier molecular flexibility index (Phi) is 6.58. The zero-order valence-corrected chi connectivity index (χ0v) is 29.1. The number of aromatic nitrogens is 3. The van der Waals surface area contributed by atoms with Crippen molar-refractivity contribution in [3.8, 4) is 39.8 Å². The molecule has 0 aliphatic rings. The first kappa shape index (κ1) is 30.2. The Morgan fingerprint density at radius 2 is 0.963 bits per heavy atom. The van der Waals surface area contributed by atoms with Crippen LogP contribution in [0.5, 0.6) is 0 Å². The highest BCUT2D eigenvalue weighted by Gasteiger charge is 2.18. The first-order valence-corrected chi connectivity index (χ1v) is 18.2. The molecule has 4 heteroatoms. The normalized spacial score (nSPS) is 11.7. The second-order valence-electron chi connectivity index (χ2n) is 13.9. The summed E-state index contributed by atoms with van der Waals surface area (Å²) in [4.78, 5) is 5.08. The summed E-state index contributed by atoms with van der Waals surface area (Å²) in [5, 5.41) is 18.2. The van der Waals surface area contributed by atoms with Crippen molar-refractivity contribution in [3.05, 3.63) is 188 Å². The van der Waals surface area contributed by atoms with Crippen LogP contribution in [0.3, 0.4) is 0 Å². The zero-order chi connectivity index (χ0) is 35.8. The predicted molar refractivity (Wildman–Crippen MR) is 224 cm³/mol. The summed E-state index contributed by atoms with van der Waals surface area (Å²) in [6.45, 7) is 0. The van der Waals surface area contributed by atoms with Gasteiger partial charge in [-0.1, -0.05) is 121 Å². The molecule has 3 heterocycles. The van der Waals surface area contributed by atoms with Crippen LogP contribution in [0.2, 0.25) is 0 Å². The maximum atomic E-state index is 10.1. The van der Waals surface area contributed by atoms with Gasteiger partial charge < -0.3 is 4.57 Å². The Bertz CT molecular complexity index is 3340. The summed E-state index contributed by atoms with van der Waals surface area (Å²) >= 11 is 0. The maximum absolute atomic E-state index is 10.1. The lowest BCUT2D eigenvalue weighted by molar-refractivity contribution is 1.10. The zero-order valence-electron chi connectivity index (χ0n) is 29.1. The molecule has 0 atom stereocenters. The molecule has 11 rings (SSSR count). The summed E-state index contributed by atoms with van der Waals surface area (Å²) in [5.41, 5.74) is 11.7. The fourth-order valence-corrected chi connectivity index (χ4v) is 8.37. The van der Waals surface area contributed by atoms with Crippen molar-refractivity contribution in [2.24, 2.45) is 0 Å². The van der Waals surface area contributed by atoms with Crippen molar-refractivity contribution in [2.45, 2.75) is 0 Å². The van der Waals surface area contributed by atoms with Gasteiger partial charge in [-0.3, -0.25) is 4.57 Å². The number of rotatable bonds is 4. The molecule has 0 saturated carbocycles. The van der Waals surface area contributed by atoms with E-state index in [2.05, 4.69) is 167 Å². The molecule has 3 aromatic heterocycles. The first-order chi connectivity index (χ1) is 26.7. The molecule has 0 aliphatic carbocycles. The van der Waals surface area contributed by atoms with Crippen molar-refractivity contribution in [3.63, 3.8) is 0 Å². The van der Waals surface area contributed by atoms with E-state index in [1.807, 2.05) is 30.3 Å². The molecule has 0 saturated heterocycles. The van der Waals surface area contributed by atoms with Gasteiger partial charge in [0.15, 0.2) is 0 Å². The fraction of sp³-hybridized carbons (Fsp3) is 0. The minimum Gasteiger partial charge on any atom is -0.309 e. The first-order valence-electron chi connectivity index (χ1n) is 18.2. The van der Waals surface area contributed by atoms with Crippen LogP contribution in [0.15, 0.2) is 182 Å². The molecular weight excluding hydrogens is 657 g/mol. The summed E-state index contributed by atoms with van der Waals surface area (Å²) in [6, 6.07) is 66.9. The molecule has 0 N–H and O–H groups in total. The molecule has 0 fully saturated rings. The summed E-state index contributed by atoms with van der Waals surface area (Å²) < 4.78 is 4.57. The lowest BCUT2D eigenvalue weighted by Gasteiger charge is -2.11. The van der Waals surface area contributed by atoms with Gasteiger partial charge in [-0.05, 0) is 93.7 Å². The van der Waals surface area contributed by atoms with Crippen LogP contribution in [0.25, 0.3) is 99.0 Å². The van der Waals surface area contributed by atoms with Crippen LogP contribution >= 0.6 is 0 Å². The number of nitriles is 1. The van der Waals surface area contributed by atoms with E-state index in [1.165, 1.54) is 38.2 Å². The number of nitrogens with zero attached hydrogens (tertiary/aromatic N) is 4. The van der Waals surface area contributed by atoms with E-state index in [9.17, 15) is 5.26 Å². The van der Waals surface area contributed by atoms with Crippen molar-refractivity contribution >= 4 is 65.3 Å². The van der Waals surface area contributed by atoms with E-state index in [0.717, 1.165) is 60.9 Å². The molecule has 8 aromatic carbocycles. The largest absolute Gasteiger partial charge is 0.309 e. The van der Waals surface area contributed by atoms with Gasteiger partial charge in [0, 0.05) is 32.6 Å². The second-order valence-corrected chi connectivity index (χ2v) is 13.9. The highest BCUT2D eigenvalue weighted by Crippen LogP contribution is 2.39. The minimum absolute atomic E-state index is 0.614. The third-order valence-corrected chi connectivity index (χ3v) is 10.9. The number of para-hydroxylation sites is 3. The molecule has 0 aliphatic heterocycles. The van der Waals surface area contributed by atoms with E-state index in [4.69, 9.17) is 4.98 Å². The molecule has 0 radical (unpaired) electrons. The standard InChI is InChI=1S/C50H30N4/c51-31-38-30-50(52-45-14-6-3-11-40(38)45)54-47-16-8-4-12-41(47)43-25-21-37(29-49(43)54)36-22-26-48-44(28-36)42-13-5-7-15-46(42)53(48)39-23-19-33(20-24-39)35-18-17-32-9-1-2-10-34(32)27-35/h1-30H. The quantitative estimate of drug-likeness (QED) is 0.185. The Labute approximate surface area is 311 Å². The van der Waals surface area contributed by atoms with Gasteiger partial charge in [0.2, 0.25) is 0 Å². The van der Waals surface area contributed by atoms with Crippen molar-refractivity contribution in [2.75, 3.05) is 0 Å². The third kappa shape index (κ3) is 4.59. The summed E-state index contributed by atoms with van der Waals surface area (Å²) in [7, 11) is 0. The van der Waals surface area contributed by atoms with Crippen LogP contribution in [0.1, 0.15) is 5.56 Å². The molecule has 0 amide bonds. The average molecular weight is 687 g/mol. The molecule has 4 nitrogen and oxygen atoms in total. The molecule has 0 spiro atoms. The topological polar surface area (TPSA) is 46.5 Å². The van der Waals surface area contributed by atoms with Gasteiger partial charge in [0.25, 0.3) is 0 Å². The monoisotopic (exact) mass is 686 g/mol. The summed E-state index contributed by atoms with van der Waals surface area (Å²) in [6.07, 6.45) is 0.